The summed E-state index contributed by atoms with van der Waals surface area (Å²) in [4.78, 5) is 12.8. The van der Waals surface area contributed by atoms with Crippen LogP contribution in [0.25, 0.3) is 0 Å². The Hall–Kier alpha value is -1.19. The fourth-order valence-electron chi connectivity index (χ4n) is 2.68. The quantitative estimate of drug-likeness (QED) is 0.712. The minimum absolute atomic E-state index is 0. The fourth-order valence-corrected chi connectivity index (χ4v) is 3.67. The molecule has 0 spiro atoms. The predicted molar refractivity (Wildman–Crippen MR) is 95.1 cm³/mol. The number of halogens is 1. The number of rotatable bonds is 5. The molecule has 0 saturated carbocycles. The van der Waals surface area contributed by atoms with E-state index in [4.69, 9.17) is 4.74 Å². The first-order chi connectivity index (χ1) is 10.8. The highest BCUT2D eigenvalue weighted by Gasteiger charge is 2.39. The third-order valence-corrected chi connectivity index (χ3v) is 5.78. The Balaban J connectivity index is 0.00000288. The van der Waals surface area contributed by atoms with Gasteiger partial charge in [0.25, 0.3) is 5.91 Å². The van der Waals surface area contributed by atoms with E-state index in [-0.39, 0.29) is 23.2 Å². The van der Waals surface area contributed by atoms with Gasteiger partial charge >= 0.3 is 0 Å². The average molecular weight is 378 g/mol. The molecule has 0 radical (unpaired) electrons. The number of piperidine rings is 1. The number of hydrogen-bond acceptors (Lipinski definition) is 5. The number of nitrogens with one attached hydrogen (secondary N) is 3. The summed E-state index contributed by atoms with van der Waals surface area (Å²) in [5.41, 5.74) is 0.170. The van der Waals surface area contributed by atoms with Gasteiger partial charge in [-0.05, 0) is 57.6 Å². The molecule has 1 fully saturated rings. The molecule has 1 aromatic carbocycles. The number of carbonyl (C=O) groups is 1. The summed E-state index contributed by atoms with van der Waals surface area (Å²) in [6, 6.07) is 4.82. The molecule has 9 heteroatoms. The number of ether oxygens (including phenoxy) is 1. The second-order valence-electron chi connectivity index (χ2n) is 5.59. The van der Waals surface area contributed by atoms with E-state index in [1.54, 1.807) is 19.1 Å². The van der Waals surface area contributed by atoms with Crippen molar-refractivity contribution < 1.29 is 17.9 Å². The summed E-state index contributed by atoms with van der Waals surface area (Å²) in [5.74, 6) is -0.252. The Morgan fingerprint density at radius 2 is 1.92 bits per heavy atom. The van der Waals surface area contributed by atoms with Gasteiger partial charge in [0.15, 0.2) is 0 Å². The van der Waals surface area contributed by atoms with Crippen molar-refractivity contribution in [3.63, 3.8) is 0 Å². The third-order valence-electron chi connectivity index (χ3n) is 4.22. The van der Waals surface area contributed by atoms with Crippen molar-refractivity contribution >= 4 is 34.0 Å². The Morgan fingerprint density at radius 1 is 1.29 bits per heavy atom. The molecule has 0 aliphatic carbocycles. The molecule has 0 bridgehead atoms. The lowest BCUT2D eigenvalue weighted by atomic mass is 9.91. The van der Waals surface area contributed by atoms with Gasteiger partial charge in [-0.2, -0.15) is 0 Å². The number of hydrogen-bond donors (Lipinski definition) is 3. The molecule has 136 valence electrons. The van der Waals surface area contributed by atoms with Crippen molar-refractivity contribution in [2.75, 3.05) is 32.6 Å². The van der Waals surface area contributed by atoms with E-state index in [1.807, 2.05) is 0 Å². The lowest BCUT2D eigenvalue weighted by Gasteiger charge is -2.34. The van der Waals surface area contributed by atoms with Gasteiger partial charge < -0.3 is 15.4 Å². The summed E-state index contributed by atoms with van der Waals surface area (Å²) >= 11 is 0. The first kappa shape index (κ1) is 20.9. The van der Waals surface area contributed by atoms with Crippen LogP contribution in [-0.2, 0) is 19.6 Å². The molecule has 1 aliphatic rings. The molecule has 0 atom stereocenters. The SMILES string of the molecule is CNS(=O)(=O)c1cc(NC(=O)C2(OC)CCNCC2)ccc1C.Cl. The topological polar surface area (TPSA) is 96.5 Å². The summed E-state index contributed by atoms with van der Waals surface area (Å²) in [7, 11) is -0.694. The zero-order chi connectivity index (χ0) is 17.1. The van der Waals surface area contributed by atoms with Gasteiger partial charge in [-0.1, -0.05) is 6.07 Å². The van der Waals surface area contributed by atoms with Crippen LogP contribution in [0.4, 0.5) is 5.69 Å². The maximum atomic E-state index is 12.6. The number of methoxy groups -OCH3 is 1. The highest BCUT2D eigenvalue weighted by Crippen LogP contribution is 2.26. The number of amides is 1. The number of benzene rings is 1. The van der Waals surface area contributed by atoms with Gasteiger partial charge in [-0.25, -0.2) is 13.1 Å². The summed E-state index contributed by atoms with van der Waals surface area (Å²) < 4.78 is 31.8. The van der Waals surface area contributed by atoms with Gasteiger partial charge in [0.2, 0.25) is 10.0 Å². The number of carbonyl (C=O) groups excluding carboxylic acids is 1. The third kappa shape index (κ3) is 4.25. The summed E-state index contributed by atoms with van der Waals surface area (Å²) in [6.45, 7) is 3.11. The summed E-state index contributed by atoms with van der Waals surface area (Å²) in [6.07, 6.45) is 1.14. The van der Waals surface area contributed by atoms with Gasteiger partial charge in [0.05, 0.1) is 4.90 Å². The standard InChI is InChI=1S/C15H23N3O4S.ClH/c1-11-4-5-12(10-13(11)23(20,21)16-2)18-14(19)15(22-3)6-8-17-9-7-15;/h4-5,10,16-17H,6-9H2,1-3H3,(H,18,19);1H. The van der Waals surface area contributed by atoms with Crippen molar-refractivity contribution in [1.29, 1.82) is 0 Å². The van der Waals surface area contributed by atoms with Crippen LogP contribution in [0.1, 0.15) is 18.4 Å². The van der Waals surface area contributed by atoms with Crippen LogP contribution < -0.4 is 15.4 Å². The Kier molecular flexibility index (Phi) is 7.18. The molecule has 7 nitrogen and oxygen atoms in total. The monoisotopic (exact) mass is 377 g/mol. The number of sulfonamides is 1. The predicted octanol–water partition coefficient (Wildman–Crippen LogP) is 1.03. The Bertz CT molecular complexity index is 688. The molecule has 1 heterocycles. The van der Waals surface area contributed by atoms with Crippen molar-refractivity contribution in [3.8, 4) is 0 Å². The molecule has 24 heavy (non-hydrogen) atoms. The van der Waals surface area contributed by atoms with E-state index in [2.05, 4.69) is 15.4 Å². The normalized spacial score (nSPS) is 17.0. The van der Waals surface area contributed by atoms with Gasteiger partial charge in [-0.15, -0.1) is 12.4 Å². The Morgan fingerprint density at radius 3 is 2.46 bits per heavy atom. The van der Waals surface area contributed by atoms with Crippen LogP contribution in [0.15, 0.2) is 23.1 Å². The second-order valence-corrected chi connectivity index (χ2v) is 7.45. The smallest absolute Gasteiger partial charge is 0.256 e. The minimum atomic E-state index is -3.58. The van der Waals surface area contributed by atoms with Gasteiger partial charge in [0, 0.05) is 12.8 Å². The first-order valence-electron chi connectivity index (χ1n) is 7.46. The van der Waals surface area contributed by atoms with E-state index in [0.29, 0.717) is 37.2 Å². The largest absolute Gasteiger partial charge is 0.368 e. The van der Waals surface area contributed by atoms with E-state index in [9.17, 15) is 13.2 Å². The summed E-state index contributed by atoms with van der Waals surface area (Å²) in [5, 5.41) is 5.97. The van der Waals surface area contributed by atoms with Crippen LogP contribution in [-0.4, -0.2) is 47.2 Å². The average Bonchev–Trinajstić information content (AvgIpc) is 2.57. The van der Waals surface area contributed by atoms with E-state index < -0.39 is 15.6 Å². The number of aryl methyl sites for hydroxylation is 1. The highest BCUT2D eigenvalue weighted by atomic mass is 35.5. The molecule has 3 N–H and O–H groups in total. The molecule has 1 aromatic rings. The van der Waals surface area contributed by atoms with Crippen LogP contribution in [0, 0.1) is 6.92 Å². The second kappa shape index (κ2) is 8.26. The molecule has 1 aliphatic heterocycles. The fraction of sp³-hybridized carbons (Fsp3) is 0.533. The lowest BCUT2D eigenvalue weighted by Crippen LogP contribution is -2.51. The zero-order valence-electron chi connectivity index (χ0n) is 14.0. The van der Waals surface area contributed by atoms with Crippen LogP contribution in [0.2, 0.25) is 0 Å². The molecular formula is C15H24ClN3O4S. The molecular weight excluding hydrogens is 354 g/mol. The molecule has 1 amide bonds. The van der Waals surface area contributed by atoms with Crippen LogP contribution in [0.5, 0.6) is 0 Å². The van der Waals surface area contributed by atoms with Crippen molar-refractivity contribution in [3.05, 3.63) is 23.8 Å². The van der Waals surface area contributed by atoms with Gasteiger partial charge in [-0.3, -0.25) is 4.79 Å². The Labute approximate surface area is 149 Å². The van der Waals surface area contributed by atoms with E-state index >= 15 is 0 Å². The minimum Gasteiger partial charge on any atom is -0.368 e. The maximum Gasteiger partial charge on any atom is 0.256 e. The van der Waals surface area contributed by atoms with Gasteiger partial charge in [0.1, 0.15) is 5.60 Å². The zero-order valence-corrected chi connectivity index (χ0v) is 15.6. The molecule has 0 unspecified atom stereocenters. The van der Waals surface area contributed by atoms with E-state index in [1.165, 1.54) is 20.2 Å². The lowest BCUT2D eigenvalue weighted by molar-refractivity contribution is -0.140. The van der Waals surface area contributed by atoms with Crippen LogP contribution in [0.3, 0.4) is 0 Å². The van der Waals surface area contributed by atoms with E-state index in [0.717, 1.165) is 0 Å². The molecule has 0 aromatic heterocycles. The first-order valence-corrected chi connectivity index (χ1v) is 8.94. The van der Waals surface area contributed by atoms with Crippen molar-refractivity contribution in [2.45, 2.75) is 30.3 Å². The van der Waals surface area contributed by atoms with Crippen LogP contribution >= 0.6 is 12.4 Å². The van der Waals surface area contributed by atoms with Crippen molar-refractivity contribution in [2.24, 2.45) is 0 Å². The van der Waals surface area contributed by atoms with Crippen molar-refractivity contribution in [1.82, 2.24) is 10.0 Å². The number of anilines is 1. The maximum absolute atomic E-state index is 12.6. The molecule has 2 rings (SSSR count). The highest BCUT2D eigenvalue weighted by molar-refractivity contribution is 7.89. The molecule has 1 saturated heterocycles.